The van der Waals surface area contributed by atoms with Gasteiger partial charge in [-0.05, 0) is 25.0 Å². The van der Waals surface area contributed by atoms with Crippen molar-refractivity contribution in [2.24, 2.45) is 5.73 Å². The fourth-order valence-corrected chi connectivity index (χ4v) is 2.01. The van der Waals surface area contributed by atoms with Crippen LogP contribution in [0.2, 0.25) is 5.02 Å². The molecule has 0 amide bonds. The van der Waals surface area contributed by atoms with Crippen LogP contribution in [0.5, 0.6) is 5.75 Å². The molecular formula is C10H10BrClFNO. The van der Waals surface area contributed by atoms with E-state index in [-0.39, 0.29) is 16.3 Å². The molecule has 5 heteroatoms. The van der Waals surface area contributed by atoms with Gasteiger partial charge in [-0.15, -0.1) is 0 Å². The second-order valence-electron chi connectivity index (χ2n) is 3.85. The van der Waals surface area contributed by atoms with Gasteiger partial charge in [-0.3, -0.25) is 0 Å². The first-order chi connectivity index (χ1) is 7.00. The number of benzene rings is 1. The maximum Gasteiger partial charge on any atom is 0.173 e. The minimum atomic E-state index is -0.473. The van der Waals surface area contributed by atoms with Crippen molar-refractivity contribution in [1.29, 1.82) is 0 Å². The molecule has 2 nitrogen and oxygen atoms in total. The Hall–Kier alpha value is -0.320. The normalized spacial score (nSPS) is 17.6. The van der Waals surface area contributed by atoms with E-state index in [0.29, 0.717) is 11.1 Å². The van der Waals surface area contributed by atoms with E-state index in [1.165, 1.54) is 6.07 Å². The Morgan fingerprint density at radius 1 is 1.53 bits per heavy atom. The van der Waals surface area contributed by atoms with Gasteiger partial charge in [-0.1, -0.05) is 27.5 Å². The van der Waals surface area contributed by atoms with Gasteiger partial charge >= 0.3 is 0 Å². The molecule has 0 aromatic heterocycles. The summed E-state index contributed by atoms with van der Waals surface area (Å²) in [5.41, 5.74) is 5.55. The van der Waals surface area contributed by atoms with E-state index < -0.39 is 5.82 Å². The van der Waals surface area contributed by atoms with Crippen LogP contribution < -0.4 is 10.5 Å². The molecular weight excluding hydrogens is 284 g/mol. The van der Waals surface area contributed by atoms with Crippen molar-refractivity contribution >= 4 is 27.5 Å². The molecule has 0 spiro atoms. The lowest BCUT2D eigenvalue weighted by Gasteiger charge is -2.13. The highest BCUT2D eigenvalue weighted by Gasteiger charge is 2.39. The predicted octanol–water partition coefficient (Wildman–Crippen LogP) is 3.11. The third kappa shape index (κ3) is 2.62. The van der Waals surface area contributed by atoms with E-state index >= 15 is 0 Å². The number of nitrogens with two attached hydrogens (primary N) is 1. The molecule has 1 aliphatic rings. The van der Waals surface area contributed by atoms with Crippen LogP contribution in [0.25, 0.3) is 0 Å². The van der Waals surface area contributed by atoms with Gasteiger partial charge in [0.1, 0.15) is 6.61 Å². The van der Waals surface area contributed by atoms with Gasteiger partial charge in [-0.2, -0.15) is 0 Å². The smallest absolute Gasteiger partial charge is 0.173 e. The molecule has 2 N–H and O–H groups in total. The molecule has 0 saturated heterocycles. The van der Waals surface area contributed by atoms with Crippen molar-refractivity contribution in [3.05, 3.63) is 27.4 Å². The van der Waals surface area contributed by atoms with Crippen LogP contribution in [0.15, 0.2) is 16.6 Å². The second-order valence-corrected chi connectivity index (χ2v) is 5.17. The molecule has 0 radical (unpaired) electrons. The topological polar surface area (TPSA) is 35.2 Å². The van der Waals surface area contributed by atoms with Crippen LogP contribution in [-0.2, 0) is 0 Å². The van der Waals surface area contributed by atoms with Gasteiger partial charge in [-0.25, -0.2) is 4.39 Å². The lowest BCUT2D eigenvalue weighted by molar-refractivity contribution is 0.267. The summed E-state index contributed by atoms with van der Waals surface area (Å²) in [6, 6.07) is 2.91. The van der Waals surface area contributed by atoms with Crippen LogP contribution in [0.1, 0.15) is 12.8 Å². The number of rotatable bonds is 3. The van der Waals surface area contributed by atoms with Crippen molar-refractivity contribution in [3.8, 4) is 5.75 Å². The van der Waals surface area contributed by atoms with Gasteiger partial charge in [0.05, 0.1) is 10.6 Å². The summed E-state index contributed by atoms with van der Waals surface area (Å²) in [5, 5.41) is 0.256. The van der Waals surface area contributed by atoms with E-state index in [2.05, 4.69) is 15.9 Å². The zero-order valence-corrected chi connectivity index (χ0v) is 10.2. The highest BCUT2D eigenvalue weighted by Crippen LogP contribution is 2.36. The first-order valence-electron chi connectivity index (χ1n) is 4.56. The Bertz CT molecular complexity index is 372. The Morgan fingerprint density at radius 3 is 2.73 bits per heavy atom. The molecule has 82 valence electrons. The Morgan fingerprint density at radius 2 is 2.20 bits per heavy atom. The standard InChI is InChI=1S/C10H10BrClFNO/c11-6-3-7(12)9(8(13)4-6)15-5-10(14)1-2-10/h3-4H,1-2,5,14H2. The highest BCUT2D eigenvalue weighted by molar-refractivity contribution is 9.10. The monoisotopic (exact) mass is 293 g/mol. The third-order valence-corrected chi connectivity index (χ3v) is 3.10. The molecule has 1 aliphatic carbocycles. The molecule has 0 heterocycles. The van der Waals surface area contributed by atoms with E-state index in [9.17, 15) is 4.39 Å². The largest absolute Gasteiger partial charge is 0.487 e. The fourth-order valence-electron chi connectivity index (χ4n) is 1.19. The van der Waals surface area contributed by atoms with Crippen molar-refractivity contribution in [2.45, 2.75) is 18.4 Å². The average Bonchev–Trinajstić information content (AvgIpc) is 2.82. The summed E-state index contributed by atoms with van der Waals surface area (Å²) in [6.45, 7) is 0.311. The van der Waals surface area contributed by atoms with Crippen molar-refractivity contribution in [3.63, 3.8) is 0 Å². The lowest BCUT2D eigenvalue weighted by atomic mass is 10.3. The van der Waals surface area contributed by atoms with Gasteiger partial charge in [0.15, 0.2) is 11.6 Å². The lowest BCUT2D eigenvalue weighted by Crippen LogP contribution is -2.30. The number of hydrogen-bond acceptors (Lipinski definition) is 2. The second kappa shape index (κ2) is 3.92. The quantitative estimate of drug-likeness (QED) is 0.929. The van der Waals surface area contributed by atoms with Gasteiger partial charge in [0.25, 0.3) is 0 Å². The van der Waals surface area contributed by atoms with Gasteiger partial charge in [0.2, 0.25) is 0 Å². The summed E-state index contributed by atoms with van der Waals surface area (Å²) in [4.78, 5) is 0. The predicted molar refractivity (Wildman–Crippen MR) is 60.8 cm³/mol. The zero-order chi connectivity index (χ0) is 11.1. The summed E-state index contributed by atoms with van der Waals surface area (Å²) >= 11 is 8.99. The minimum Gasteiger partial charge on any atom is -0.487 e. The average molecular weight is 295 g/mol. The fraction of sp³-hybridized carbons (Fsp3) is 0.400. The molecule has 1 saturated carbocycles. The summed E-state index contributed by atoms with van der Waals surface area (Å²) < 4.78 is 19.3. The number of halogens is 3. The highest BCUT2D eigenvalue weighted by atomic mass is 79.9. The number of hydrogen-bond donors (Lipinski definition) is 1. The molecule has 0 aliphatic heterocycles. The summed E-state index contributed by atoms with van der Waals surface area (Å²) in [5.74, 6) is -0.393. The van der Waals surface area contributed by atoms with Crippen LogP contribution in [0.3, 0.4) is 0 Å². The van der Waals surface area contributed by atoms with E-state index in [0.717, 1.165) is 12.8 Å². The van der Waals surface area contributed by atoms with Crippen LogP contribution >= 0.6 is 27.5 Å². The zero-order valence-electron chi connectivity index (χ0n) is 7.90. The Labute approximate surface area is 101 Å². The van der Waals surface area contributed by atoms with E-state index in [4.69, 9.17) is 22.1 Å². The van der Waals surface area contributed by atoms with Crippen LogP contribution in [0.4, 0.5) is 4.39 Å². The molecule has 1 fully saturated rings. The van der Waals surface area contributed by atoms with Gasteiger partial charge in [0, 0.05) is 4.47 Å². The first-order valence-corrected chi connectivity index (χ1v) is 5.73. The molecule has 0 bridgehead atoms. The van der Waals surface area contributed by atoms with Crippen molar-refractivity contribution in [2.75, 3.05) is 6.61 Å². The van der Waals surface area contributed by atoms with Crippen LogP contribution in [0, 0.1) is 5.82 Å². The Balaban J connectivity index is 2.13. The Kier molecular flexibility index (Phi) is 2.92. The van der Waals surface area contributed by atoms with E-state index in [1.54, 1.807) is 6.07 Å². The minimum absolute atomic E-state index is 0.0802. The van der Waals surface area contributed by atoms with E-state index in [1.807, 2.05) is 0 Å². The molecule has 0 unspecified atom stereocenters. The van der Waals surface area contributed by atoms with Crippen molar-refractivity contribution < 1.29 is 9.13 Å². The maximum atomic E-state index is 13.4. The molecule has 1 aromatic carbocycles. The van der Waals surface area contributed by atoms with Crippen molar-refractivity contribution in [1.82, 2.24) is 0 Å². The molecule has 1 aromatic rings. The SMILES string of the molecule is NC1(COc2c(F)cc(Br)cc2Cl)CC1. The summed E-state index contributed by atoms with van der Waals surface area (Å²) in [7, 11) is 0. The molecule has 15 heavy (non-hydrogen) atoms. The van der Waals surface area contributed by atoms with Crippen LogP contribution in [-0.4, -0.2) is 12.1 Å². The summed E-state index contributed by atoms with van der Waals surface area (Å²) in [6.07, 6.45) is 1.84. The first kappa shape index (κ1) is 11.2. The number of ether oxygens (including phenoxy) is 1. The third-order valence-electron chi connectivity index (χ3n) is 2.36. The van der Waals surface area contributed by atoms with Gasteiger partial charge < -0.3 is 10.5 Å². The maximum absolute atomic E-state index is 13.4. The molecule has 2 rings (SSSR count). The molecule has 0 atom stereocenters.